The van der Waals surface area contributed by atoms with E-state index in [-0.39, 0.29) is 0 Å². The van der Waals surface area contributed by atoms with Crippen LogP contribution in [0.1, 0.15) is 0 Å². The first-order valence-corrected chi connectivity index (χ1v) is 16.7. The molecule has 5 heteroatoms. The fourth-order valence-corrected chi connectivity index (χ4v) is 6.83. The molecule has 50 heavy (non-hydrogen) atoms. The van der Waals surface area contributed by atoms with Crippen molar-refractivity contribution in [3.63, 3.8) is 0 Å². The molecular formula is C45H31N5. The van der Waals surface area contributed by atoms with Crippen LogP contribution in [-0.4, -0.2) is 19.5 Å². The molecule has 2 aromatic heterocycles. The third-order valence-electron chi connectivity index (χ3n) is 9.07. The Morgan fingerprint density at radius 1 is 0.360 bits per heavy atom. The summed E-state index contributed by atoms with van der Waals surface area (Å²) in [4.78, 5) is 17.9. The lowest BCUT2D eigenvalue weighted by Crippen LogP contribution is -2.11. The van der Waals surface area contributed by atoms with Gasteiger partial charge in [-0.05, 0) is 48.0 Å². The maximum absolute atomic E-state index is 5.28. The summed E-state index contributed by atoms with van der Waals surface area (Å²) in [5.41, 5.74) is 9.23. The minimum atomic E-state index is 0.574. The first-order valence-electron chi connectivity index (χ1n) is 16.7. The SMILES string of the molecule is c1ccc(-c2nc(-c3ccccc3-c3ccccc3N(c3ccccc3)c3ccccc3)nc(-n3c4ccccc4c4ccccc43)n2)cc1. The minimum absolute atomic E-state index is 0.574. The van der Waals surface area contributed by atoms with Gasteiger partial charge in [-0.3, -0.25) is 4.57 Å². The minimum Gasteiger partial charge on any atom is -0.310 e. The normalized spacial score (nSPS) is 11.2. The van der Waals surface area contributed by atoms with Crippen LogP contribution >= 0.6 is 0 Å². The maximum Gasteiger partial charge on any atom is 0.238 e. The molecular weight excluding hydrogens is 611 g/mol. The lowest BCUT2D eigenvalue weighted by molar-refractivity contribution is 0.953. The van der Waals surface area contributed by atoms with E-state index >= 15 is 0 Å². The fourth-order valence-electron chi connectivity index (χ4n) is 6.83. The van der Waals surface area contributed by atoms with E-state index in [0.717, 1.165) is 61.1 Å². The van der Waals surface area contributed by atoms with E-state index in [1.165, 1.54) is 0 Å². The number of rotatable bonds is 7. The highest BCUT2D eigenvalue weighted by Crippen LogP contribution is 2.43. The zero-order chi connectivity index (χ0) is 33.3. The Kier molecular flexibility index (Phi) is 7.41. The molecule has 236 valence electrons. The summed E-state index contributed by atoms with van der Waals surface area (Å²) in [6.45, 7) is 0. The van der Waals surface area contributed by atoms with Gasteiger partial charge in [-0.25, -0.2) is 4.98 Å². The van der Waals surface area contributed by atoms with Crippen molar-refractivity contribution in [1.29, 1.82) is 0 Å². The van der Waals surface area contributed by atoms with Crippen molar-refractivity contribution < 1.29 is 0 Å². The molecule has 0 unspecified atom stereocenters. The van der Waals surface area contributed by atoms with Gasteiger partial charge in [0, 0.05) is 38.8 Å². The molecule has 0 bridgehead atoms. The van der Waals surface area contributed by atoms with Gasteiger partial charge in [0.1, 0.15) is 0 Å². The van der Waals surface area contributed by atoms with Gasteiger partial charge < -0.3 is 4.90 Å². The van der Waals surface area contributed by atoms with E-state index in [2.05, 4.69) is 155 Å². The van der Waals surface area contributed by atoms with Gasteiger partial charge in [-0.15, -0.1) is 0 Å². The molecule has 0 saturated heterocycles. The average Bonchev–Trinajstić information content (AvgIpc) is 3.54. The zero-order valence-electron chi connectivity index (χ0n) is 27.1. The highest BCUT2D eigenvalue weighted by molar-refractivity contribution is 6.09. The van der Waals surface area contributed by atoms with Crippen LogP contribution in [0.15, 0.2) is 188 Å². The maximum atomic E-state index is 5.28. The van der Waals surface area contributed by atoms with Gasteiger partial charge in [-0.2, -0.15) is 9.97 Å². The van der Waals surface area contributed by atoms with Crippen LogP contribution in [-0.2, 0) is 0 Å². The largest absolute Gasteiger partial charge is 0.310 e. The molecule has 2 heterocycles. The molecule has 0 spiro atoms. The van der Waals surface area contributed by atoms with Gasteiger partial charge in [-0.1, -0.05) is 146 Å². The summed E-state index contributed by atoms with van der Waals surface area (Å²) in [5.74, 6) is 1.79. The summed E-state index contributed by atoms with van der Waals surface area (Å²) in [5, 5.41) is 2.31. The number of para-hydroxylation sites is 5. The van der Waals surface area contributed by atoms with Gasteiger partial charge in [0.05, 0.1) is 16.7 Å². The molecule has 7 aromatic carbocycles. The number of anilines is 3. The summed E-state index contributed by atoms with van der Waals surface area (Å²) in [7, 11) is 0. The second-order valence-electron chi connectivity index (χ2n) is 12.1. The van der Waals surface area contributed by atoms with Gasteiger partial charge in [0.25, 0.3) is 0 Å². The molecule has 9 rings (SSSR count). The van der Waals surface area contributed by atoms with Crippen LogP contribution < -0.4 is 4.90 Å². The second kappa shape index (κ2) is 12.6. The first kappa shape index (κ1) is 29.3. The Bertz CT molecular complexity index is 2500. The topological polar surface area (TPSA) is 46.8 Å². The quantitative estimate of drug-likeness (QED) is 0.174. The van der Waals surface area contributed by atoms with Crippen molar-refractivity contribution in [3.8, 4) is 39.9 Å². The molecule has 0 aliphatic carbocycles. The predicted octanol–water partition coefficient (Wildman–Crippen LogP) is 11.4. The molecule has 0 atom stereocenters. The van der Waals surface area contributed by atoms with Crippen LogP contribution in [0, 0.1) is 0 Å². The predicted molar refractivity (Wildman–Crippen MR) is 205 cm³/mol. The Labute approximate surface area is 290 Å². The van der Waals surface area contributed by atoms with Crippen molar-refractivity contribution in [2.75, 3.05) is 4.90 Å². The van der Waals surface area contributed by atoms with Gasteiger partial charge in [0.2, 0.25) is 5.95 Å². The van der Waals surface area contributed by atoms with Crippen molar-refractivity contribution in [2.24, 2.45) is 0 Å². The lowest BCUT2D eigenvalue weighted by Gasteiger charge is -2.28. The van der Waals surface area contributed by atoms with E-state index in [0.29, 0.717) is 17.6 Å². The number of nitrogens with zero attached hydrogens (tertiary/aromatic N) is 5. The molecule has 0 aliphatic heterocycles. The van der Waals surface area contributed by atoms with Crippen molar-refractivity contribution in [2.45, 2.75) is 0 Å². The lowest BCUT2D eigenvalue weighted by atomic mass is 9.96. The van der Waals surface area contributed by atoms with Crippen LogP contribution in [0.2, 0.25) is 0 Å². The molecule has 0 amide bonds. The smallest absolute Gasteiger partial charge is 0.238 e. The number of benzene rings is 7. The zero-order valence-corrected chi connectivity index (χ0v) is 27.1. The summed E-state index contributed by atoms with van der Waals surface area (Å²) in [6, 6.07) is 65.0. The van der Waals surface area contributed by atoms with E-state index in [1.807, 2.05) is 42.5 Å². The van der Waals surface area contributed by atoms with Crippen LogP contribution in [0.3, 0.4) is 0 Å². The van der Waals surface area contributed by atoms with E-state index in [9.17, 15) is 0 Å². The molecule has 5 nitrogen and oxygen atoms in total. The number of hydrogen-bond donors (Lipinski definition) is 0. The van der Waals surface area contributed by atoms with E-state index in [4.69, 9.17) is 15.0 Å². The molecule has 9 aromatic rings. The Hall–Kier alpha value is -6.85. The molecule has 0 radical (unpaired) electrons. The molecule has 0 fully saturated rings. The van der Waals surface area contributed by atoms with E-state index in [1.54, 1.807) is 0 Å². The Morgan fingerprint density at radius 3 is 1.44 bits per heavy atom. The highest BCUT2D eigenvalue weighted by atomic mass is 15.2. The number of hydrogen-bond acceptors (Lipinski definition) is 4. The average molecular weight is 642 g/mol. The third kappa shape index (κ3) is 5.18. The molecule has 0 saturated carbocycles. The summed E-state index contributed by atoms with van der Waals surface area (Å²) >= 11 is 0. The van der Waals surface area contributed by atoms with Crippen molar-refractivity contribution in [3.05, 3.63) is 188 Å². The molecule has 0 N–H and O–H groups in total. The fraction of sp³-hybridized carbons (Fsp3) is 0. The van der Waals surface area contributed by atoms with Crippen molar-refractivity contribution in [1.82, 2.24) is 19.5 Å². The second-order valence-corrected chi connectivity index (χ2v) is 12.1. The van der Waals surface area contributed by atoms with Crippen LogP contribution in [0.4, 0.5) is 17.1 Å². The summed E-state index contributed by atoms with van der Waals surface area (Å²) in [6.07, 6.45) is 0. The molecule has 0 aliphatic rings. The Morgan fingerprint density at radius 2 is 0.820 bits per heavy atom. The van der Waals surface area contributed by atoms with Gasteiger partial charge in [0.15, 0.2) is 11.6 Å². The Balaban J connectivity index is 1.29. The van der Waals surface area contributed by atoms with E-state index < -0.39 is 0 Å². The third-order valence-corrected chi connectivity index (χ3v) is 9.07. The van der Waals surface area contributed by atoms with Crippen LogP contribution in [0.5, 0.6) is 0 Å². The number of fused-ring (bicyclic) bond motifs is 3. The summed E-state index contributed by atoms with van der Waals surface area (Å²) < 4.78 is 2.16. The first-order chi connectivity index (χ1) is 24.8. The standard InChI is InChI=1S/C45H31N5/c1-4-18-32(19-5-1)43-46-44(48-45(47-43)50-41-30-16-13-26-37(41)38-27-14-17-31-42(38)50)39-28-11-10-24-35(39)36-25-12-15-29-40(36)49(33-20-6-2-7-21-33)34-22-8-3-9-23-34/h1-31H. The monoisotopic (exact) mass is 641 g/mol. The number of aromatic nitrogens is 4. The van der Waals surface area contributed by atoms with Crippen molar-refractivity contribution >= 4 is 38.9 Å². The van der Waals surface area contributed by atoms with Gasteiger partial charge >= 0.3 is 0 Å². The van der Waals surface area contributed by atoms with Crippen LogP contribution in [0.25, 0.3) is 61.7 Å². The highest BCUT2D eigenvalue weighted by Gasteiger charge is 2.22.